The Morgan fingerprint density at radius 3 is 1.92 bits per heavy atom. The second kappa shape index (κ2) is 7.40. The van der Waals surface area contributed by atoms with Gasteiger partial charge in [-0.1, -0.05) is 54.6 Å². The van der Waals surface area contributed by atoms with Gasteiger partial charge < -0.3 is 5.32 Å². The molecule has 0 saturated carbocycles. The average Bonchev–Trinajstić information content (AvgIpc) is 2.64. The summed E-state index contributed by atoms with van der Waals surface area (Å²) in [4.78, 5) is 0. The van der Waals surface area contributed by atoms with Crippen molar-refractivity contribution in [2.45, 2.75) is 6.92 Å². The van der Waals surface area contributed by atoms with E-state index in [1.54, 1.807) is 19.1 Å². The molecule has 128 valence electrons. The summed E-state index contributed by atoms with van der Waals surface area (Å²) in [6.45, 7) is 1.61. The smallest absolute Gasteiger partial charge is 0.232 e. The third-order valence-corrected chi connectivity index (χ3v) is 5.13. The zero-order valence-electron chi connectivity index (χ0n) is 13.9. The van der Waals surface area contributed by atoms with E-state index in [0.717, 1.165) is 16.8 Å². The summed E-state index contributed by atoms with van der Waals surface area (Å²) in [6, 6.07) is 25.4. The first-order chi connectivity index (χ1) is 12.1. The number of nitrogens with one attached hydrogen (secondary N) is 2. The minimum atomic E-state index is -3.32. The van der Waals surface area contributed by atoms with Crippen LogP contribution in [-0.4, -0.2) is 14.2 Å². The Morgan fingerprint density at radius 1 is 0.720 bits per heavy atom. The first-order valence-corrected chi connectivity index (χ1v) is 9.74. The second-order valence-corrected chi connectivity index (χ2v) is 7.63. The lowest BCUT2D eigenvalue weighted by Gasteiger charge is -2.14. The molecular weight excluding hydrogens is 332 g/mol. The standard InChI is InChI=1S/C20H20N2O2S/c1-2-25(23,24)22-20-11-7-6-10-19(20)21-18-14-12-17(13-15-18)16-8-4-3-5-9-16/h3-15,21-22H,2H2,1H3. The fourth-order valence-electron chi connectivity index (χ4n) is 2.45. The topological polar surface area (TPSA) is 58.2 Å². The van der Waals surface area contributed by atoms with Crippen LogP contribution in [0.5, 0.6) is 0 Å². The Morgan fingerprint density at radius 2 is 1.28 bits per heavy atom. The first-order valence-electron chi connectivity index (χ1n) is 8.09. The summed E-state index contributed by atoms with van der Waals surface area (Å²) >= 11 is 0. The molecule has 0 aliphatic carbocycles. The third-order valence-electron chi connectivity index (χ3n) is 3.84. The number of para-hydroxylation sites is 2. The van der Waals surface area contributed by atoms with Gasteiger partial charge in [-0.3, -0.25) is 4.72 Å². The molecule has 0 aromatic heterocycles. The fourth-order valence-corrected chi connectivity index (χ4v) is 3.11. The maximum atomic E-state index is 11.8. The summed E-state index contributed by atoms with van der Waals surface area (Å²) in [5.41, 5.74) is 4.43. The Hall–Kier alpha value is -2.79. The van der Waals surface area contributed by atoms with Crippen molar-refractivity contribution < 1.29 is 8.42 Å². The van der Waals surface area contributed by atoms with Gasteiger partial charge in [-0.15, -0.1) is 0 Å². The highest BCUT2D eigenvalue weighted by Gasteiger charge is 2.10. The molecule has 0 heterocycles. The number of sulfonamides is 1. The molecule has 3 aromatic rings. The van der Waals surface area contributed by atoms with Crippen LogP contribution in [0.1, 0.15) is 6.92 Å². The van der Waals surface area contributed by atoms with Gasteiger partial charge in [0.1, 0.15) is 0 Å². The predicted octanol–water partition coefficient (Wildman–Crippen LogP) is 4.86. The summed E-state index contributed by atoms with van der Waals surface area (Å²) in [5, 5.41) is 3.27. The van der Waals surface area contributed by atoms with Crippen LogP contribution in [0.4, 0.5) is 17.1 Å². The molecule has 0 atom stereocenters. The maximum absolute atomic E-state index is 11.8. The zero-order valence-corrected chi connectivity index (χ0v) is 14.8. The molecule has 0 aliphatic rings. The Bertz CT molecular complexity index is 937. The lowest BCUT2D eigenvalue weighted by molar-refractivity contribution is 0.602. The van der Waals surface area contributed by atoms with Crippen molar-refractivity contribution in [1.82, 2.24) is 0 Å². The molecule has 5 heteroatoms. The minimum Gasteiger partial charge on any atom is -0.354 e. The van der Waals surface area contributed by atoms with E-state index in [-0.39, 0.29) is 5.75 Å². The van der Waals surface area contributed by atoms with Gasteiger partial charge in [0, 0.05) is 5.69 Å². The molecule has 0 saturated heterocycles. The first kappa shape index (κ1) is 17.0. The van der Waals surface area contributed by atoms with E-state index in [9.17, 15) is 8.42 Å². The summed E-state index contributed by atoms with van der Waals surface area (Å²) < 4.78 is 26.3. The van der Waals surface area contributed by atoms with Crippen LogP contribution < -0.4 is 10.0 Å². The highest BCUT2D eigenvalue weighted by atomic mass is 32.2. The van der Waals surface area contributed by atoms with Crippen LogP contribution in [0.2, 0.25) is 0 Å². The van der Waals surface area contributed by atoms with Crippen LogP contribution >= 0.6 is 0 Å². The Balaban J connectivity index is 1.81. The summed E-state index contributed by atoms with van der Waals surface area (Å²) in [6.07, 6.45) is 0. The molecule has 4 nitrogen and oxygen atoms in total. The quantitative estimate of drug-likeness (QED) is 0.666. The van der Waals surface area contributed by atoms with Gasteiger partial charge in [0.25, 0.3) is 0 Å². The van der Waals surface area contributed by atoms with Crippen molar-refractivity contribution in [3.8, 4) is 11.1 Å². The van der Waals surface area contributed by atoms with Gasteiger partial charge in [0.2, 0.25) is 10.0 Å². The normalized spacial score (nSPS) is 11.1. The van der Waals surface area contributed by atoms with Crippen LogP contribution in [0.3, 0.4) is 0 Å². The van der Waals surface area contributed by atoms with E-state index >= 15 is 0 Å². The Labute approximate surface area is 148 Å². The molecule has 0 unspecified atom stereocenters. The van der Waals surface area contributed by atoms with Gasteiger partial charge in [-0.2, -0.15) is 0 Å². The van der Waals surface area contributed by atoms with Crippen molar-refractivity contribution in [2.75, 3.05) is 15.8 Å². The van der Waals surface area contributed by atoms with Gasteiger partial charge >= 0.3 is 0 Å². The molecule has 0 radical (unpaired) electrons. The largest absolute Gasteiger partial charge is 0.354 e. The number of hydrogen-bond acceptors (Lipinski definition) is 3. The lowest BCUT2D eigenvalue weighted by atomic mass is 10.1. The van der Waals surface area contributed by atoms with E-state index < -0.39 is 10.0 Å². The molecular formula is C20H20N2O2S. The average molecular weight is 352 g/mol. The SMILES string of the molecule is CCS(=O)(=O)Nc1ccccc1Nc1ccc(-c2ccccc2)cc1. The van der Waals surface area contributed by atoms with E-state index in [2.05, 4.69) is 22.2 Å². The maximum Gasteiger partial charge on any atom is 0.232 e. The van der Waals surface area contributed by atoms with Crippen molar-refractivity contribution in [3.63, 3.8) is 0 Å². The molecule has 25 heavy (non-hydrogen) atoms. The monoisotopic (exact) mass is 352 g/mol. The molecule has 0 aliphatic heterocycles. The van der Waals surface area contributed by atoms with Crippen molar-refractivity contribution in [1.29, 1.82) is 0 Å². The summed E-state index contributed by atoms with van der Waals surface area (Å²) in [7, 11) is -3.32. The van der Waals surface area contributed by atoms with Crippen molar-refractivity contribution >= 4 is 27.1 Å². The van der Waals surface area contributed by atoms with Crippen molar-refractivity contribution in [2.24, 2.45) is 0 Å². The highest BCUT2D eigenvalue weighted by molar-refractivity contribution is 7.92. The summed E-state index contributed by atoms with van der Waals surface area (Å²) in [5.74, 6) is 0.0348. The highest BCUT2D eigenvalue weighted by Crippen LogP contribution is 2.28. The number of rotatable bonds is 6. The molecule has 0 spiro atoms. The van der Waals surface area contributed by atoms with Crippen LogP contribution in [-0.2, 0) is 10.0 Å². The molecule has 0 amide bonds. The van der Waals surface area contributed by atoms with E-state index in [1.165, 1.54) is 0 Å². The van der Waals surface area contributed by atoms with Gasteiger partial charge in [-0.05, 0) is 42.3 Å². The number of anilines is 3. The van der Waals surface area contributed by atoms with E-state index in [0.29, 0.717) is 11.4 Å². The van der Waals surface area contributed by atoms with Crippen LogP contribution in [0, 0.1) is 0 Å². The van der Waals surface area contributed by atoms with E-state index in [4.69, 9.17) is 0 Å². The second-order valence-electron chi connectivity index (χ2n) is 5.62. The van der Waals surface area contributed by atoms with Gasteiger partial charge in [0.15, 0.2) is 0 Å². The minimum absolute atomic E-state index is 0.0348. The molecule has 0 fully saturated rings. The fraction of sp³-hybridized carbons (Fsp3) is 0.100. The Kier molecular flexibility index (Phi) is 5.05. The molecule has 2 N–H and O–H groups in total. The van der Waals surface area contributed by atoms with Crippen LogP contribution in [0.15, 0.2) is 78.9 Å². The number of benzene rings is 3. The van der Waals surface area contributed by atoms with Crippen molar-refractivity contribution in [3.05, 3.63) is 78.9 Å². The molecule has 0 bridgehead atoms. The van der Waals surface area contributed by atoms with Gasteiger partial charge in [-0.25, -0.2) is 8.42 Å². The van der Waals surface area contributed by atoms with Gasteiger partial charge in [0.05, 0.1) is 17.1 Å². The van der Waals surface area contributed by atoms with E-state index in [1.807, 2.05) is 54.6 Å². The predicted molar refractivity (Wildman–Crippen MR) is 105 cm³/mol. The third kappa shape index (κ3) is 4.39. The lowest BCUT2D eigenvalue weighted by Crippen LogP contribution is -2.15. The van der Waals surface area contributed by atoms with Crippen LogP contribution in [0.25, 0.3) is 11.1 Å². The number of hydrogen-bond donors (Lipinski definition) is 2. The molecule has 3 rings (SSSR count). The zero-order chi connectivity index (χ0) is 17.7. The molecule has 3 aromatic carbocycles.